The molecule has 0 bridgehead atoms. The van der Waals surface area contributed by atoms with Crippen molar-refractivity contribution in [2.24, 2.45) is 10.3 Å². The van der Waals surface area contributed by atoms with Crippen molar-refractivity contribution in [1.29, 1.82) is 0 Å². The van der Waals surface area contributed by atoms with Crippen LogP contribution in [0.5, 0.6) is 0 Å². The molecule has 0 saturated carbocycles. The monoisotopic (exact) mass is 686 g/mol. The van der Waals surface area contributed by atoms with Gasteiger partial charge in [-0.3, -0.25) is 19.2 Å². The Bertz CT molecular complexity index is 1610. The smallest absolute Gasteiger partial charge is 0.331 e. The van der Waals surface area contributed by atoms with Gasteiger partial charge in [-0.05, 0) is 22.3 Å². The fraction of sp³-hybridized carbons (Fsp3) is 0.278. The molecule has 262 valence electrons. The molecule has 14 nitrogen and oxygen atoms in total. The first-order chi connectivity index (χ1) is 23.8. The SMILES string of the molecule is CC(=O)ON=C(CC(c1ccc(C(CC(=NOC(C)=O)c2ccccc2)N(OC(C)=O)C(C)=O)cc1)N(OC(C)=O)C(C)=O)c1ccccc1. The topological polar surface area (TPSA) is 171 Å². The van der Waals surface area contributed by atoms with E-state index in [-0.39, 0.29) is 24.3 Å². The molecule has 0 aliphatic heterocycles. The highest BCUT2D eigenvalue weighted by atomic mass is 16.7. The Labute approximate surface area is 289 Å². The summed E-state index contributed by atoms with van der Waals surface area (Å²) in [4.78, 5) is 94.0. The Hall–Kier alpha value is -6.18. The third-order valence-electron chi connectivity index (χ3n) is 6.90. The van der Waals surface area contributed by atoms with Crippen LogP contribution in [0, 0.1) is 0 Å². The normalized spacial score (nSPS) is 12.5. The van der Waals surface area contributed by atoms with Gasteiger partial charge in [0.15, 0.2) is 0 Å². The van der Waals surface area contributed by atoms with Gasteiger partial charge in [0.1, 0.15) is 12.1 Å². The lowest BCUT2D eigenvalue weighted by Crippen LogP contribution is -2.37. The van der Waals surface area contributed by atoms with Gasteiger partial charge in [0.25, 0.3) is 11.8 Å². The number of hydroxylamine groups is 4. The predicted molar refractivity (Wildman–Crippen MR) is 179 cm³/mol. The van der Waals surface area contributed by atoms with Crippen LogP contribution in [-0.2, 0) is 48.1 Å². The Morgan fingerprint density at radius 3 is 1.08 bits per heavy atom. The van der Waals surface area contributed by atoms with E-state index in [2.05, 4.69) is 10.3 Å². The second-order valence-electron chi connectivity index (χ2n) is 10.9. The average Bonchev–Trinajstić information content (AvgIpc) is 3.07. The second-order valence-corrected chi connectivity index (χ2v) is 10.9. The summed E-state index contributed by atoms with van der Waals surface area (Å²) >= 11 is 0. The molecule has 0 saturated heterocycles. The molecule has 3 aromatic rings. The van der Waals surface area contributed by atoms with Gasteiger partial charge in [0, 0.05) is 54.4 Å². The van der Waals surface area contributed by atoms with E-state index >= 15 is 0 Å². The third-order valence-corrected chi connectivity index (χ3v) is 6.90. The van der Waals surface area contributed by atoms with Gasteiger partial charge in [0.2, 0.25) is 0 Å². The van der Waals surface area contributed by atoms with Crippen molar-refractivity contribution in [3.05, 3.63) is 107 Å². The zero-order chi connectivity index (χ0) is 36.8. The predicted octanol–water partition coefficient (Wildman–Crippen LogP) is 5.14. The molecule has 50 heavy (non-hydrogen) atoms. The molecule has 0 N–H and O–H groups in total. The zero-order valence-electron chi connectivity index (χ0n) is 28.5. The molecule has 0 radical (unpaired) electrons. The van der Waals surface area contributed by atoms with E-state index in [0.717, 1.165) is 24.0 Å². The van der Waals surface area contributed by atoms with Crippen LogP contribution in [0.4, 0.5) is 0 Å². The number of benzene rings is 3. The molecule has 0 aromatic heterocycles. The number of rotatable bonds is 12. The van der Waals surface area contributed by atoms with E-state index in [1.165, 1.54) is 27.7 Å². The summed E-state index contributed by atoms with van der Waals surface area (Å²) in [6.45, 7) is 7.14. The Kier molecular flexibility index (Phi) is 14.1. The Balaban J connectivity index is 2.17. The van der Waals surface area contributed by atoms with E-state index in [1.807, 2.05) is 0 Å². The van der Waals surface area contributed by atoms with E-state index in [0.29, 0.717) is 22.3 Å². The maximum absolute atomic E-state index is 12.9. The zero-order valence-corrected chi connectivity index (χ0v) is 28.5. The minimum Gasteiger partial charge on any atom is -0.338 e. The van der Waals surface area contributed by atoms with E-state index in [4.69, 9.17) is 19.4 Å². The van der Waals surface area contributed by atoms with Crippen LogP contribution in [0.25, 0.3) is 0 Å². The highest BCUT2D eigenvalue weighted by Gasteiger charge is 2.32. The van der Waals surface area contributed by atoms with Crippen molar-refractivity contribution in [1.82, 2.24) is 10.1 Å². The maximum Gasteiger partial charge on any atom is 0.331 e. The third kappa shape index (κ3) is 11.5. The molecule has 0 spiro atoms. The number of carbonyl (C=O) groups excluding carboxylic acids is 6. The van der Waals surface area contributed by atoms with Crippen molar-refractivity contribution in [3.63, 3.8) is 0 Å². The van der Waals surface area contributed by atoms with Crippen molar-refractivity contribution in [3.8, 4) is 0 Å². The summed E-state index contributed by atoms with van der Waals surface area (Å²) in [5, 5.41) is 9.88. The van der Waals surface area contributed by atoms with Gasteiger partial charge < -0.3 is 19.4 Å². The summed E-state index contributed by atoms with van der Waals surface area (Å²) < 4.78 is 0. The lowest BCUT2D eigenvalue weighted by atomic mass is 9.93. The lowest BCUT2D eigenvalue weighted by molar-refractivity contribution is -0.205. The number of hydrogen-bond donors (Lipinski definition) is 0. The molecule has 0 heterocycles. The molecule has 0 aliphatic rings. The highest BCUT2D eigenvalue weighted by Crippen LogP contribution is 2.32. The van der Waals surface area contributed by atoms with E-state index < -0.39 is 47.8 Å². The molecule has 3 rings (SSSR count). The minimum absolute atomic E-state index is 0.0624. The average molecular weight is 687 g/mol. The largest absolute Gasteiger partial charge is 0.338 e. The van der Waals surface area contributed by atoms with Crippen LogP contribution in [-0.4, -0.2) is 57.2 Å². The molecule has 2 unspecified atom stereocenters. The molecule has 2 atom stereocenters. The Morgan fingerprint density at radius 1 is 0.500 bits per heavy atom. The van der Waals surface area contributed by atoms with E-state index in [1.54, 1.807) is 84.9 Å². The number of oxime groups is 2. The van der Waals surface area contributed by atoms with Gasteiger partial charge in [-0.1, -0.05) is 95.2 Å². The Morgan fingerprint density at radius 2 is 0.820 bits per heavy atom. The van der Waals surface area contributed by atoms with Gasteiger partial charge in [-0.15, -0.1) is 0 Å². The second kappa shape index (κ2) is 18.4. The van der Waals surface area contributed by atoms with Crippen molar-refractivity contribution in [2.75, 3.05) is 0 Å². The van der Waals surface area contributed by atoms with Gasteiger partial charge in [-0.25, -0.2) is 9.59 Å². The van der Waals surface area contributed by atoms with Crippen LogP contribution in [0.1, 0.15) is 88.7 Å². The van der Waals surface area contributed by atoms with Crippen LogP contribution in [0.2, 0.25) is 0 Å². The molecule has 14 heteroatoms. The number of carbonyl (C=O) groups is 6. The van der Waals surface area contributed by atoms with Crippen LogP contribution in [0.15, 0.2) is 95.2 Å². The molecule has 3 aromatic carbocycles. The highest BCUT2D eigenvalue weighted by molar-refractivity contribution is 6.02. The summed E-state index contributed by atoms with van der Waals surface area (Å²) in [7, 11) is 0. The summed E-state index contributed by atoms with van der Waals surface area (Å²) in [5.41, 5.74) is 2.65. The molecular weight excluding hydrogens is 648 g/mol. The number of nitrogens with zero attached hydrogens (tertiary/aromatic N) is 4. The van der Waals surface area contributed by atoms with Crippen molar-refractivity contribution >= 4 is 47.1 Å². The van der Waals surface area contributed by atoms with Crippen LogP contribution in [0.3, 0.4) is 0 Å². The summed E-state index contributed by atoms with van der Waals surface area (Å²) in [5.74, 6) is -4.02. The van der Waals surface area contributed by atoms with Gasteiger partial charge >= 0.3 is 23.9 Å². The molecule has 0 aliphatic carbocycles. The minimum atomic E-state index is -0.971. The lowest BCUT2D eigenvalue weighted by Gasteiger charge is -2.31. The summed E-state index contributed by atoms with van der Waals surface area (Å²) in [6.07, 6.45) is -0.125. The van der Waals surface area contributed by atoms with Gasteiger partial charge in [-0.2, -0.15) is 10.1 Å². The maximum atomic E-state index is 12.9. The molecular formula is C36H38N4O10. The fourth-order valence-electron chi connectivity index (χ4n) is 4.87. The first kappa shape index (κ1) is 38.3. The first-order valence-corrected chi connectivity index (χ1v) is 15.4. The first-order valence-electron chi connectivity index (χ1n) is 15.4. The summed E-state index contributed by atoms with van der Waals surface area (Å²) in [6, 6.07) is 22.2. The standard InChI is InChI=1S/C36H38N4O10/c1-23(41)39(49-27(5)45)35(21-33(37-47-25(3)43)29-13-9-7-10-14-29)31-17-19-32(20-18-31)36(40(24(2)42)50-28(6)46)22-34(38-48-26(4)44)30-15-11-8-12-16-30/h7-20,35-36H,21-22H2,1-6H3. The number of hydrogen-bond acceptors (Lipinski definition) is 12. The number of amides is 2. The quantitative estimate of drug-likeness (QED) is 0.141. The fourth-order valence-corrected chi connectivity index (χ4v) is 4.87. The van der Waals surface area contributed by atoms with Crippen molar-refractivity contribution in [2.45, 2.75) is 66.5 Å². The van der Waals surface area contributed by atoms with Crippen LogP contribution >= 0.6 is 0 Å². The molecule has 0 fully saturated rings. The van der Waals surface area contributed by atoms with Crippen molar-refractivity contribution < 1.29 is 48.1 Å². The molecule has 2 amide bonds. The van der Waals surface area contributed by atoms with E-state index in [9.17, 15) is 28.8 Å². The van der Waals surface area contributed by atoms with Crippen LogP contribution < -0.4 is 0 Å². The van der Waals surface area contributed by atoms with Gasteiger partial charge in [0.05, 0.1) is 11.4 Å².